The summed E-state index contributed by atoms with van der Waals surface area (Å²) in [4.78, 5) is 39.7. The van der Waals surface area contributed by atoms with Gasteiger partial charge in [0.05, 0.1) is 12.8 Å². The number of para-hydroxylation sites is 2. The molecule has 1 saturated heterocycles. The van der Waals surface area contributed by atoms with Crippen LogP contribution in [0.2, 0.25) is 0 Å². The molecule has 29 heavy (non-hydrogen) atoms. The van der Waals surface area contributed by atoms with Crippen molar-refractivity contribution in [3.63, 3.8) is 0 Å². The fraction of sp³-hybridized carbons (Fsp3) is 0.389. The highest BCUT2D eigenvalue weighted by atomic mass is 32.2. The van der Waals surface area contributed by atoms with Gasteiger partial charge in [0.15, 0.2) is 4.90 Å². The lowest BCUT2D eigenvalue weighted by Gasteiger charge is -2.30. The van der Waals surface area contributed by atoms with Crippen molar-refractivity contribution in [1.82, 2.24) is 14.3 Å². The van der Waals surface area contributed by atoms with E-state index in [1.807, 2.05) is 4.98 Å². The molecule has 1 aliphatic heterocycles. The normalized spacial score (nSPS) is 15.8. The predicted octanol–water partition coefficient (Wildman–Crippen LogP) is 0.420. The van der Waals surface area contributed by atoms with Gasteiger partial charge in [-0.2, -0.15) is 4.31 Å². The van der Waals surface area contributed by atoms with Crippen LogP contribution in [0.15, 0.2) is 38.8 Å². The summed E-state index contributed by atoms with van der Waals surface area (Å²) >= 11 is 0. The minimum absolute atomic E-state index is 0.0187. The van der Waals surface area contributed by atoms with Crippen LogP contribution in [0.4, 0.5) is 5.69 Å². The van der Waals surface area contributed by atoms with Crippen LogP contribution >= 0.6 is 0 Å². The van der Waals surface area contributed by atoms with Crippen molar-refractivity contribution in [2.75, 3.05) is 25.5 Å². The summed E-state index contributed by atoms with van der Waals surface area (Å²) in [7, 11) is -2.58. The molecule has 2 heterocycles. The van der Waals surface area contributed by atoms with Crippen LogP contribution < -0.4 is 21.3 Å². The number of H-pyrrole nitrogens is 2. The number of methoxy groups -OCH3 is 1. The third-order valence-electron chi connectivity index (χ3n) is 4.86. The predicted molar refractivity (Wildman–Crippen MR) is 106 cm³/mol. The highest BCUT2D eigenvalue weighted by Gasteiger charge is 2.35. The minimum Gasteiger partial charge on any atom is -0.495 e. The van der Waals surface area contributed by atoms with E-state index in [0.717, 1.165) is 4.31 Å². The van der Waals surface area contributed by atoms with Gasteiger partial charge in [-0.1, -0.05) is 12.1 Å². The van der Waals surface area contributed by atoms with Crippen LogP contribution in [0.1, 0.15) is 18.5 Å². The number of aryl methyl sites for hydroxylation is 1. The Morgan fingerprint density at radius 3 is 2.45 bits per heavy atom. The van der Waals surface area contributed by atoms with E-state index < -0.39 is 26.2 Å². The lowest BCUT2D eigenvalue weighted by Crippen LogP contribution is -2.44. The SMILES string of the molecule is COc1ccccc1NC(=O)C1CCN(S(=O)(=O)c2c(C)[nH]c(=O)[nH]c2=O)CC1. The maximum Gasteiger partial charge on any atom is 0.325 e. The lowest BCUT2D eigenvalue weighted by atomic mass is 9.97. The lowest BCUT2D eigenvalue weighted by molar-refractivity contribution is -0.120. The Kier molecular flexibility index (Phi) is 5.89. The second-order valence-electron chi connectivity index (χ2n) is 6.73. The molecule has 0 unspecified atom stereocenters. The quantitative estimate of drug-likeness (QED) is 0.638. The van der Waals surface area contributed by atoms with E-state index >= 15 is 0 Å². The molecule has 0 atom stereocenters. The molecule has 1 aromatic carbocycles. The molecule has 11 heteroatoms. The molecule has 0 aliphatic carbocycles. The molecule has 156 valence electrons. The number of aromatic nitrogens is 2. The zero-order valence-corrected chi connectivity index (χ0v) is 16.8. The Labute approximate surface area is 167 Å². The molecular weight excluding hydrogens is 400 g/mol. The number of ether oxygens (including phenoxy) is 1. The number of sulfonamides is 1. The van der Waals surface area contributed by atoms with Gasteiger partial charge < -0.3 is 15.0 Å². The molecule has 0 radical (unpaired) electrons. The van der Waals surface area contributed by atoms with Gasteiger partial charge in [0, 0.05) is 24.7 Å². The summed E-state index contributed by atoms with van der Waals surface area (Å²) in [6, 6.07) is 7.02. The highest BCUT2D eigenvalue weighted by Crippen LogP contribution is 2.27. The maximum absolute atomic E-state index is 12.9. The summed E-state index contributed by atoms with van der Waals surface area (Å²) in [5, 5.41) is 2.81. The Morgan fingerprint density at radius 2 is 1.83 bits per heavy atom. The number of nitrogens with one attached hydrogen (secondary N) is 3. The largest absolute Gasteiger partial charge is 0.495 e. The van der Waals surface area contributed by atoms with Crippen molar-refractivity contribution in [3.05, 3.63) is 50.8 Å². The summed E-state index contributed by atoms with van der Waals surface area (Å²) in [6.07, 6.45) is 0.612. The zero-order valence-electron chi connectivity index (χ0n) is 16.0. The molecule has 1 fully saturated rings. The smallest absolute Gasteiger partial charge is 0.325 e. The van der Waals surface area contributed by atoms with Crippen molar-refractivity contribution in [3.8, 4) is 5.75 Å². The number of anilines is 1. The van der Waals surface area contributed by atoms with Crippen molar-refractivity contribution in [1.29, 1.82) is 0 Å². The number of piperidine rings is 1. The van der Waals surface area contributed by atoms with E-state index in [4.69, 9.17) is 4.74 Å². The monoisotopic (exact) mass is 422 g/mol. The Balaban J connectivity index is 1.71. The number of nitrogens with zero attached hydrogens (tertiary/aromatic N) is 1. The fourth-order valence-corrected chi connectivity index (χ4v) is 5.04. The summed E-state index contributed by atoms with van der Waals surface area (Å²) in [5.74, 6) is -0.0559. The first-order chi connectivity index (χ1) is 13.7. The van der Waals surface area contributed by atoms with Gasteiger partial charge >= 0.3 is 5.69 Å². The Bertz CT molecular complexity index is 1130. The van der Waals surface area contributed by atoms with Crippen molar-refractivity contribution < 1.29 is 17.9 Å². The van der Waals surface area contributed by atoms with E-state index in [2.05, 4.69) is 10.3 Å². The van der Waals surface area contributed by atoms with E-state index in [1.165, 1.54) is 14.0 Å². The molecule has 1 aliphatic rings. The number of amides is 1. The van der Waals surface area contributed by atoms with E-state index in [1.54, 1.807) is 24.3 Å². The molecule has 2 aromatic rings. The molecule has 1 aromatic heterocycles. The average Bonchev–Trinajstić information content (AvgIpc) is 2.67. The Morgan fingerprint density at radius 1 is 1.17 bits per heavy atom. The van der Waals surface area contributed by atoms with Crippen molar-refractivity contribution in [2.24, 2.45) is 5.92 Å². The van der Waals surface area contributed by atoms with Crippen molar-refractivity contribution >= 4 is 21.6 Å². The number of rotatable bonds is 5. The first-order valence-corrected chi connectivity index (χ1v) is 10.4. The zero-order chi connectivity index (χ0) is 21.2. The number of aromatic amines is 2. The summed E-state index contributed by atoms with van der Waals surface area (Å²) in [5.41, 5.74) is -1.19. The fourth-order valence-electron chi connectivity index (χ4n) is 3.37. The number of hydrogen-bond acceptors (Lipinski definition) is 6. The van der Waals surface area contributed by atoms with Crippen molar-refractivity contribution in [2.45, 2.75) is 24.7 Å². The standard InChI is InChI=1S/C18H22N4O6S/c1-11-15(17(24)21-18(25)19-11)29(26,27)22-9-7-12(8-10-22)16(23)20-13-5-3-4-6-14(13)28-2/h3-6,12H,7-10H2,1-2H3,(H,20,23)(H2,19,21,24,25). The van der Waals surface area contributed by atoms with Crippen LogP contribution in [-0.2, 0) is 14.8 Å². The second kappa shape index (κ2) is 8.21. The second-order valence-corrected chi connectivity index (χ2v) is 8.61. The molecule has 0 saturated carbocycles. The van der Waals surface area contributed by atoms with Gasteiger partial charge in [0.2, 0.25) is 15.9 Å². The molecule has 1 amide bonds. The first-order valence-electron chi connectivity index (χ1n) is 9.01. The van der Waals surface area contributed by atoms with Gasteiger partial charge in [-0.05, 0) is 31.9 Å². The van der Waals surface area contributed by atoms with Crippen LogP contribution in [0.25, 0.3) is 0 Å². The van der Waals surface area contributed by atoms with Gasteiger partial charge in [-0.25, -0.2) is 13.2 Å². The minimum atomic E-state index is -4.09. The third kappa shape index (κ3) is 4.25. The summed E-state index contributed by atoms with van der Waals surface area (Å²) in [6.45, 7) is 1.53. The van der Waals surface area contributed by atoms with Crippen LogP contribution in [0.5, 0.6) is 5.75 Å². The van der Waals surface area contributed by atoms with E-state index in [-0.39, 0.29) is 30.6 Å². The first kappa shape index (κ1) is 20.8. The number of benzene rings is 1. The molecule has 3 N–H and O–H groups in total. The van der Waals surface area contributed by atoms with E-state index in [0.29, 0.717) is 24.3 Å². The third-order valence-corrected chi connectivity index (χ3v) is 6.91. The number of carbonyl (C=O) groups excluding carboxylic acids is 1. The average molecular weight is 422 g/mol. The number of carbonyl (C=O) groups is 1. The van der Waals surface area contributed by atoms with Gasteiger partial charge in [-0.3, -0.25) is 14.6 Å². The Hall–Kier alpha value is -2.92. The molecule has 0 bridgehead atoms. The topological polar surface area (TPSA) is 141 Å². The molecule has 3 rings (SSSR count). The maximum atomic E-state index is 12.9. The van der Waals surface area contributed by atoms with E-state index in [9.17, 15) is 22.8 Å². The van der Waals surface area contributed by atoms with Gasteiger partial charge in [0.1, 0.15) is 5.75 Å². The van der Waals surface area contributed by atoms with Crippen LogP contribution in [-0.4, -0.2) is 48.8 Å². The van der Waals surface area contributed by atoms with Crippen LogP contribution in [0, 0.1) is 12.8 Å². The van der Waals surface area contributed by atoms with Gasteiger partial charge in [-0.15, -0.1) is 0 Å². The molecular formula is C18H22N4O6S. The molecule has 0 spiro atoms. The van der Waals surface area contributed by atoms with Crippen LogP contribution in [0.3, 0.4) is 0 Å². The molecule has 10 nitrogen and oxygen atoms in total. The van der Waals surface area contributed by atoms with Gasteiger partial charge in [0.25, 0.3) is 5.56 Å². The highest BCUT2D eigenvalue weighted by molar-refractivity contribution is 7.89. The number of hydrogen-bond donors (Lipinski definition) is 3. The summed E-state index contributed by atoms with van der Waals surface area (Å²) < 4.78 is 32.1.